The van der Waals surface area contributed by atoms with E-state index in [4.69, 9.17) is 4.74 Å². The number of hydrogen-bond donors (Lipinski definition) is 0. The minimum absolute atomic E-state index is 0.250. The molecule has 0 N–H and O–H groups in total. The summed E-state index contributed by atoms with van der Waals surface area (Å²) in [5.74, 6) is -0.781. The first-order valence-corrected chi connectivity index (χ1v) is 6.21. The van der Waals surface area contributed by atoms with Crippen LogP contribution in [0.15, 0.2) is 30.3 Å². The van der Waals surface area contributed by atoms with Crippen molar-refractivity contribution in [3.8, 4) is 0 Å². The second-order valence-electron chi connectivity index (χ2n) is 3.74. The minimum Gasteiger partial charge on any atom is -0.465 e. The number of carbonyl (C=O) groups excluding carboxylic acids is 2. The lowest BCUT2D eigenvalue weighted by Crippen LogP contribution is -2.42. The van der Waals surface area contributed by atoms with Gasteiger partial charge in [-0.3, -0.25) is 9.59 Å². The van der Waals surface area contributed by atoms with Gasteiger partial charge in [0.2, 0.25) is 0 Å². The van der Waals surface area contributed by atoms with Crippen molar-refractivity contribution in [1.29, 1.82) is 0 Å². The van der Waals surface area contributed by atoms with E-state index in [0.29, 0.717) is 6.42 Å². The molecule has 4 heteroatoms. The molecule has 0 heterocycles. The molecule has 17 heavy (non-hydrogen) atoms. The van der Waals surface area contributed by atoms with E-state index in [9.17, 15) is 9.59 Å². The maximum Gasteiger partial charge on any atom is 0.330 e. The molecule has 0 bridgehead atoms. The molecule has 3 nitrogen and oxygen atoms in total. The summed E-state index contributed by atoms with van der Waals surface area (Å²) in [6, 6.07) is 9.37. The highest BCUT2D eigenvalue weighted by Crippen LogP contribution is 2.26. The molecule has 1 aromatic carbocycles. The van der Waals surface area contributed by atoms with Crippen molar-refractivity contribution in [3.63, 3.8) is 0 Å². The van der Waals surface area contributed by atoms with Crippen molar-refractivity contribution in [2.75, 3.05) is 6.61 Å². The van der Waals surface area contributed by atoms with Gasteiger partial charge in [-0.15, -0.1) is 0 Å². The lowest BCUT2D eigenvalue weighted by atomic mass is 9.96. The van der Waals surface area contributed by atoms with Crippen molar-refractivity contribution in [2.45, 2.75) is 24.6 Å². The van der Waals surface area contributed by atoms with Crippen molar-refractivity contribution in [1.82, 2.24) is 0 Å². The highest BCUT2D eigenvalue weighted by Gasteiger charge is 2.42. The molecule has 1 aromatic rings. The van der Waals surface area contributed by atoms with Crippen molar-refractivity contribution >= 4 is 27.7 Å². The highest BCUT2D eigenvalue weighted by molar-refractivity contribution is 9.10. The third kappa shape index (κ3) is 3.40. The first kappa shape index (κ1) is 13.9. The van der Waals surface area contributed by atoms with Gasteiger partial charge in [-0.05, 0) is 19.4 Å². The van der Waals surface area contributed by atoms with E-state index in [-0.39, 0.29) is 12.4 Å². The molecule has 1 atom stereocenters. The molecule has 0 saturated heterocycles. The van der Waals surface area contributed by atoms with Gasteiger partial charge in [-0.1, -0.05) is 46.3 Å². The fraction of sp³-hybridized carbons (Fsp3) is 0.385. The summed E-state index contributed by atoms with van der Waals surface area (Å²) in [5, 5.41) is 0. The zero-order valence-electron chi connectivity index (χ0n) is 9.90. The zero-order chi connectivity index (χ0) is 12.9. The van der Waals surface area contributed by atoms with Gasteiger partial charge in [-0.25, -0.2) is 0 Å². The van der Waals surface area contributed by atoms with Crippen LogP contribution in [0.2, 0.25) is 0 Å². The Morgan fingerprint density at radius 3 is 2.35 bits per heavy atom. The zero-order valence-corrected chi connectivity index (χ0v) is 11.5. The summed E-state index contributed by atoms with van der Waals surface area (Å²) in [4.78, 5) is 23.5. The third-order valence-corrected chi connectivity index (χ3v) is 3.61. The largest absolute Gasteiger partial charge is 0.465 e. The smallest absolute Gasteiger partial charge is 0.330 e. The molecule has 0 saturated carbocycles. The molecule has 0 aliphatic carbocycles. The standard InChI is InChI=1S/C13H15BrO3/c1-3-17-12(16)13(14,10(2)15)9-11-7-5-4-6-8-11/h4-8H,3,9H2,1-2H3. The number of benzene rings is 1. The average molecular weight is 299 g/mol. The topological polar surface area (TPSA) is 43.4 Å². The van der Waals surface area contributed by atoms with Gasteiger partial charge in [0.05, 0.1) is 6.61 Å². The van der Waals surface area contributed by atoms with E-state index in [0.717, 1.165) is 5.56 Å². The van der Waals surface area contributed by atoms with Crippen LogP contribution in [0, 0.1) is 0 Å². The summed E-state index contributed by atoms with van der Waals surface area (Å²) in [7, 11) is 0. The van der Waals surface area contributed by atoms with Crippen LogP contribution in [0.5, 0.6) is 0 Å². The summed E-state index contributed by atoms with van der Waals surface area (Å²) in [6.45, 7) is 3.36. The number of carbonyl (C=O) groups is 2. The van der Waals surface area contributed by atoms with Gasteiger partial charge >= 0.3 is 5.97 Å². The summed E-state index contributed by atoms with van der Waals surface area (Å²) < 4.78 is 3.66. The molecule has 0 amide bonds. The molecular weight excluding hydrogens is 284 g/mol. The van der Waals surface area contributed by atoms with Crippen molar-refractivity contribution < 1.29 is 14.3 Å². The molecule has 1 unspecified atom stereocenters. The number of ketones is 1. The number of rotatable bonds is 5. The predicted molar refractivity (Wildman–Crippen MR) is 69.1 cm³/mol. The van der Waals surface area contributed by atoms with Crippen LogP contribution < -0.4 is 0 Å². The molecule has 0 aliphatic heterocycles. The summed E-state index contributed by atoms with van der Waals surface area (Å²) >= 11 is 3.23. The lowest BCUT2D eigenvalue weighted by molar-refractivity contribution is -0.148. The number of hydrogen-bond acceptors (Lipinski definition) is 3. The second-order valence-corrected chi connectivity index (χ2v) is 5.09. The van der Waals surface area contributed by atoms with Crippen LogP contribution in [-0.4, -0.2) is 22.7 Å². The molecule has 0 fully saturated rings. The van der Waals surface area contributed by atoms with E-state index in [2.05, 4.69) is 15.9 Å². The Labute approximate surface area is 109 Å². The molecular formula is C13H15BrO3. The van der Waals surface area contributed by atoms with Crippen LogP contribution in [-0.2, 0) is 20.7 Å². The summed E-state index contributed by atoms with van der Waals surface area (Å²) in [5.41, 5.74) is 0.910. The van der Waals surface area contributed by atoms with Gasteiger partial charge in [0.1, 0.15) is 0 Å². The first-order chi connectivity index (χ1) is 8.00. The Balaban J connectivity index is 2.93. The number of alkyl halides is 1. The SMILES string of the molecule is CCOC(=O)C(Br)(Cc1ccccc1)C(C)=O. The maximum absolute atomic E-state index is 11.8. The third-order valence-electron chi connectivity index (χ3n) is 2.45. The van der Waals surface area contributed by atoms with Gasteiger partial charge in [-0.2, -0.15) is 0 Å². The normalized spacial score (nSPS) is 13.8. The van der Waals surface area contributed by atoms with Crippen LogP contribution in [0.1, 0.15) is 19.4 Å². The van der Waals surface area contributed by atoms with Crippen molar-refractivity contribution in [2.24, 2.45) is 0 Å². The Morgan fingerprint density at radius 1 is 1.29 bits per heavy atom. The van der Waals surface area contributed by atoms with Gasteiger partial charge in [0.25, 0.3) is 0 Å². The molecule has 92 valence electrons. The molecule has 1 rings (SSSR count). The molecule has 0 aliphatic rings. The Hall–Kier alpha value is -1.16. The number of esters is 1. The number of Topliss-reactive ketones (excluding diaryl/α,β-unsaturated/α-hetero) is 1. The van der Waals surface area contributed by atoms with Crippen LogP contribution in [0.25, 0.3) is 0 Å². The maximum atomic E-state index is 11.8. The van der Waals surface area contributed by atoms with E-state index in [1.54, 1.807) is 6.92 Å². The fourth-order valence-corrected chi connectivity index (χ4v) is 1.90. The number of halogens is 1. The Morgan fingerprint density at radius 2 is 1.88 bits per heavy atom. The van der Waals surface area contributed by atoms with Crippen LogP contribution in [0.4, 0.5) is 0 Å². The monoisotopic (exact) mass is 298 g/mol. The van der Waals surface area contributed by atoms with E-state index in [1.807, 2.05) is 30.3 Å². The van der Waals surface area contributed by atoms with E-state index < -0.39 is 10.3 Å². The lowest BCUT2D eigenvalue weighted by Gasteiger charge is -2.22. The average Bonchev–Trinajstić information content (AvgIpc) is 2.30. The predicted octanol–water partition coefficient (Wildman–Crippen LogP) is 2.51. The van der Waals surface area contributed by atoms with Crippen LogP contribution >= 0.6 is 15.9 Å². The first-order valence-electron chi connectivity index (χ1n) is 5.41. The molecule has 0 spiro atoms. The molecule has 0 radical (unpaired) electrons. The number of ether oxygens (including phenoxy) is 1. The Bertz CT molecular complexity index is 402. The highest BCUT2D eigenvalue weighted by atomic mass is 79.9. The molecule has 0 aromatic heterocycles. The van der Waals surface area contributed by atoms with Gasteiger partial charge < -0.3 is 4.74 Å². The van der Waals surface area contributed by atoms with Crippen LogP contribution in [0.3, 0.4) is 0 Å². The summed E-state index contributed by atoms with van der Waals surface area (Å²) in [6.07, 6.45) is 0.294. The van der Waals surface area contributed by atoms with Gasteiger partial charge in [0, 0.05) is 6.42 Å². The minimum atomic E-state index is -1.27. The second kappa shape index (κ2) is 5.96. The van der Waals surface area contributed by atoms with E-state index >= 15 is 0 Å². The fourth-order valence-electron chi connectivity index (χ4n) is 1.46. The van der Waals surface area contributed by atoms with E-state index in [1.165, 1.54) is 6.92 Å². The Kier molecular flexibility index (Phi) is 4.87. The van der Waals surface area contributed by atoms with Crippen molar-refractivity contribution in [3.05, 3.63) is 35.9 Å². The van der Waals surface area contributed by atoms with Gasteiger partial charge in [0.15, 0.2) is 10.1 Å². The quantitative estimate of drug-likeness (QED) is 0.477.